The number of hydrogen-bond donors (Lipinski definition) is 1. The van der Waals surface area contributed by atoms with Crippen LogP contribution in [0.25, 0.3) is 0 Å². The van der Waals surface area contributed by atoms with Gasteiger partial charge in [0.25, 0.3) is 0 Å². The monoisotopic (exact) mass is 370 g/mol. The summed E-state index contributed by atoms with van der Waals surface area (Å²) in [6.07, 6.45) is 0. The molecule has 0 atom stereocenters. The fraction of sp³-hybridized carbons (Fsp3) is 0.0909. The third-order valence-corrected chi connectivity index (χ3v) is 1.99. The molecule has 104 valence electrons. The molecular weight excluding hydrogens is 360 g/mol. The fourth-order valence-electron chi connectivity index (χ4n) is 0.642. The average Bonchev–Trinajstić information content (AvgIpc) is 2.95. The molecule has 3 nitrogen and oxygen atoms in total. The van der Waals surface area contributed by atoms with Gasteiger partial charge in [-0.1, -0.05) is 0 Å². The predicted octanol–water partition coefficient (Wildman–Crippen LogP) is 3.20. The Bertz CT molecular complexity index is 415. The van der Waals surface area contributed by atoms with E-state index in [1.807, 2.05) is 60.7 Å². The second kappa shape index (κ2) is 10.1. The van der Waals surface area contributed by atoms with Crippen molar-refractivity contribution in [1.82, 2.24) is 0 Å². The molecule has 0 aromatic heterocycles. The van der Waals surface area contributed by atoms with Gasteiger partial charge in [0.15, 0.2) is 0 Å². The van der Waals surface area contributed by atoms with Crippen LogP contribution in [0.2, 0.25) is 0 Å². The van der Waals surface area contributed by atoms with Crippen LogP contribution >= 0.6 is 0 Å². The first kappa shape index (κ1) is 20.6. The van der Waals surface area contributed by atoms with Gasteiger partial charge in [0.1, 0.15) is 0 Å². The van der Waals surface area contributed by atoms with E-state index in [0.29, 0.717) is 0 Å². The summed E-state index contributed by atoms with van der Waals surface area (Å²) in [7, 11) is -5.84. The van der Waals surface area contributed by atoms with E-state index < -0.39 is 15.6 Å². The van der Waals surface area contributed by atoms with Crippen LogP contribution in [-0.2, 0) is 36.3 Å². The summed E-state index contributed by atoms with van der Waals surface area (Å²) in [5.41, 5.74) is -5.53. The Kier molecular flexibility index (Phi) is 11.0. The Morgan fingerprint density at radius 1 is 0.842 bits per heavy atom. The molecule has 0 bridgehead atoms. The van der Waals surface area contributed by atoms with Crippen molar-refractivity contribution in [3.05, 3.63) is 60.7 Å². The van der Waals surface area contributed by atoms with E-state index >= 15 is 0 Å². The molecule has 0 saturated carbocycles. The van der Waals surface area contributed by atoms with Crippen molar-refractivity contribution < 1.29 is 52.3 Å². The van der Waals surface area contributed by atoms with E-state index in [9.17, 15) is 13.2 Å². The molecule has 0 unspecified atom stereocenters. The van der Waals surface area contributed by atoms with Crippen molar-refractivity contribution in [2.75, 3.05) is 0 Å². The molecule has 0 aliphatic rings. The molecule has 0 radical (unpaired) electrons. The third-order valence-electron chi connectivity index (χ3n) is 1.40. The minimum absolute atomic E-state index is 0. The first-order valence-electron chi connectivity index (χ1n) is 4.62. The van der Waals surface area contributed by atoms with Crippen molar-refractivity contribution in [2.24, 2.45) is 0 Å². The summed E-state index contributed by atoms with van der Waals surface area (Å²) in [5, 5.41) is 0. The normalized spacial score (nSPS) is 10.1. The van der Waals surface area contributed by atoms with E-state index in [1.165, 1.54) is 0 Å². The summed E-state index contributed by atoms with van der Waals surface area (Å²) in [6.45, 7) is 0. The predicted molar refractivity (Wildman–Crippen MR) is 61.7 cm³/mol. The molecule has 2 aromatic carbocycles. The van der Waals surface area contributed by atoms with Gasteiger partial charge in [0.05, 0.1) is 0 Å². The van der Waals surface area contributed by atoms with Crippen LogP contribution in [0.1, 0.15) is 0 Å². The summed E-state index contributed by atoms with van der Waals surface area (Å²) in [6, 6.07) is 20.0. The molecule has 2 aromatic rings. The maximum absolute atomic E-state index is 10.7. The molecule has 0 aliphatic carbocycles. The van der Waals surface area contributed by atoms with Crippen LogP contribution < -0.4 is 0 Å². The third kappa shape index (κ3) is 12.1. The molecule has 0 aliphatic heterocycles. The van der Waals surface area contributed by atoms with Gasteiger partial charge >= 0.3 is 41.8 Å². The van der Waals surface area contributed by atoms with Crippen LogP contribution in [0.4, 0.5) is 13.2 Å². The van der Waals surface area contributed by atoms with Gasteiger partial charge in [-0.05, 0) is 0 Å². The van der Waals surface area contributed by atoms with Crippen LogP contribution in [0, 0.1) is 0 Å². The molecule has 0 fully saturated rings. The Morgan fingerprint density at radius 2 is 1.05 bits per heavy atom. The largest absolute Gasteiger partial charge is 2.00 e. The molecule has 0 amide bonds. The van der Waals surface area contributed by atoms with Crippen molar-refractivity contribution >= 4 is 10.1 Å². The Hall–Kier alpha value is -0.717. The van der Waals surface area contributed by atoms with Crippen molar-refractivity contribution in [3.63, 3.8) is 0 Å². The first-order chi connectivity index (χ1) is 8.25. The zero-order valence-corrected chi connectivity index (χ0v) is 12.9. The smallest absolute Gasteiger partial charge is 0.279 e. The molecule has 0 heterocycles. The Balaban J connectivity index is 0. The second-order valence-electron chi connectivity index (χ2n) is 2.85. The van der Waals surface area contributed by atoms with Gasteiger partial charge in [0.2, 0.25) is 0 Å². The summed E-state index contributed by atoms with van der Waals surface area (Å²) < 4.78 is 57.5. The number of rotatable bonds is 0. The zero-order valence-electron chi connectivity index (χ0n) is 9.58. The van der Waals surface area contributed by atoms with Crippen LogP contribution in [0.3, 0.4) is 0 Å². The standard InChI is InChI=1S/2C5H5.CHF3O3S.Zr/c2*1-2-4-5-3-1;2-1(3,4)8(5,6)7;/h2*1-5H;(H,5,6,7);/q2*-1;;+2. The minimum Gasteiger partial charge on any atom is -0.279 e. The van der Waals surface area contributed by atoms with Gasteiger partial charge < -0.3 is 0 Å². The summed E-state index contributed by atoms with van der Waals surface area (Å²) in [4.78, 5) is 0. The molecule has 2 rings (SSSR count). The van der Waals surface area contributed by atoms with E-state index in [0.717, 1.165) is 0 Å². The maximum atomic E-state index is 10.7. The zero-order chi connectivity index (χ0) is 14.1. The Labute approximate surface area is 128 Å². The van der Waals surface area contributed by atoms with Crippen molar-refractivity contribution in [2.45, 2.75) is 5.51 Å². The van der Waals surface area contributed by atoms with E-state index in [-0.39, 0.29) is 26.2 Å². The summed E-state index contributed by atoms with van der Waals surface area (Å²) >= 11 is 0. The molecule has 1 N–H and O–H groups in total. The molecule has 0 saturated heterocycles. The minimum atomic E-state index is -5.84. The van der Waals surface area contributed by atoms with Gasteiger partial charge in [-0.15, -0.1) is 0 Å². The molecule has 0 spiro atoms. The maximum Gasteiger partial charge on any atom is 2.00 e. The SMILES string of the molecule is O=S(=O)(O)C(F)(F)F.[Zr+2].c1cc[cH-]c1.c1cc[cH-]c1. The Morgan fingerprint density at radius 3 is 1.11 bits per heavy atom. The van der Waals surface area contributed by atoms with Gasteiger partial charge in [-0.3, -0.25) is 4.55 Å². The number of halogens is 3. The summed E-state index contributed by atoms with van der Waals surface area (Å²) in [5.74, 6) is 0. The second-order valence-corrected chi connectivity index (χ2v) is 4.26. The van der Waals surface area contributed by atoms with Gasteiger partial charge in [-0.2, -0.15) is 58.0 Å². The van der Waals surface area contributed by atoms with Crippen molar-refractivity contribution in [3.8, 4) is 0 Å². The number of alkyl halides is 3. The molecule has 8 heteroatoms. The van der Waals surface area contributed by atoms with E-state index in [1.54, 1.807) is 0 Å². The average molecular weight is 371 g/mol. The van der Waals surface area contributed by atoms with Crippen molar-refractivity contribution in [1.29, 1.82) is 0 Å². The quantitative estimate of drug-likeness (QED) is 0.440. The van der Waals surface area contributed by atoms with Crippen LogP contribution in [0.5, 0.6) is 0 Å². The topological polar surface area (TPSA) is 54.4 Å². The van der Waals surface area contributed by atoms with Gasteiger partial charge in [0, 0.05) is 0 Å². The van der Waals surface area contributed by atoms with E-state index in [2.05, 4.69) is 0 Å². The van der Waals surface area contributed by atoms with Crippen LogP contribution in [-0.4, -0.2) is 18.5 Å². The van der Waals surface area contributed by atoms with Crippen LogP contribution in [0.15, 0.2) is 60.7 Å². The van der Waals surface area contributed by atoms with E-state index in [4.69, 9.17) is 13.0 Å². The molecular formula is C11H11F3O3SZr. The van der Waals surface area contributed by atoms with Gasteiger partial charge in [-0.25, -0.2) is 24.3 Å². The number of hydrogen-bond acceptors (Lipinski definition) is 2. The fourth-order valence-corrected chi connectivity index (χ4v) is 0.642. The first-order valence-corrected chi connectivity index (χ1v) is 6.06. The molecule has 19 heavy (non-hydrogen) atoms.